The van der Waals surface area contributed by atoms with Gasteiger partial charge in [-0.2, -0.15) is 0 Å². The predicted molar refractivity (Wildman–Crippen MR) is 63.9 cm³/mol. The van der Waals surface area contributed by atoms with Crippen LogP contribution in [0.2, 0.25) is 0 Å². The highest BCUT2D eigenvalue weighted by molar-refractivity contribution is 5.58. The number of hydrogen-bond acceptors (Lipinski definition) is 2. The predicted octanol–water partition coefficient (Wildman–Crippen LogP) is 2.21. The van der Waals surface area contributed by atoms with Crippen molar-refractivity contribution in [3.05, 3.63) is 42.9 Å². The van der Waals surface area contributed by atoms with Crippen molar-refractivity contribution in [2.24, 2.45) is 5.73 Å². The van der Waals surface area contributed by atoms with Crippen LogP contribution in [-0.2, 0) is 0 Å². The quantitative estimate of drug-likeness (QED) is 0.831. The maximum absolute atomic E-state index is 5.83. The van der Waals surface area contributed by atoms with Gasteiger partial charge in [0.2, 0.25) is 0 Å². The van der Waals surface area contributed by atoms with Crippen LogP contribution in [0.25, 0.3) is 11.3 Å². The maximum atomic E-state index is 5.83. The molecule has 2 N–H and O–H groups in total. The number of aromatic nitrogens is 2. The summed E-state index contributed by atoms with van der Waals surface area (Å²) < 4.78 is 2.25. The van der Waals surface area contributed by atoms with E-state index in [0.717, 1.165) is 12.8 Å². The van der Waals surface area contributed by atoms with Crippen molar-refractivity contribution in [1.29, 1.82) is 0 Å². The van der Waals surface area contributed by atoms with E-state index in [-0.39, 0.29) is 0 Å². The van der Waals surface area contributed by atoms with E-state index >= 15 is 0 Å². The van der Waals surface area contributed by atoms with Gasteiger partial charge in [0.25, 0.3) is 0 Å². The van der Waals surface area contributed by atoms with Gasteiger partial charge in [-0.05, 0) is 18.4 Å². The van der Waals surface area contributed by atoms with Gasteiger partial charge in [0, 0.05) is 12.1 Å². The molecular weight excluding hydrogens is 198 g/mol. The summed E-state index contributed by atoms with van der Waals surface area (Å²) in [7, 11) is 0. The highest BCUT2D eigenvalue weighted by Crippen LogP contribution is 2.34. The molecule has 1 saturated carbocycles. The Morgan fingerprint density at radius 1 is 1.19 bits per heavy atom. The van der Waals surface area contributed by atoms with Gasteiger partial charge in [-0.15, -0.1) is 0 Å². The van der Waals surface area contributed by atoms with Crippen LogP contribution in [0, 0.1) is 0 Å². The minimum Gasteiger partial charge on any atom is -0.328 e. The fourth-order valence-electron chi connectivity index (χ4n) is 2.29. The topological polar surface area (TPSA) is 43.8 Å². The molecule has 0 amide bonds. The van der Waals surface area contributed by atoms with Crippen LogP contribution in [-0.4, -0.2) is 15.6 Å². The smallest absolute Gasteiger partial charge is 0.0953 e. The number of rotatable bonds is 2. The van der Waals surface area contributed by atoms with Crippen LogP contribution >= 0.6 is 0 Å². The molecule has 3 heteroatoms. The fourth-order valence-corrected chi connectivity index (χ4v) is 2.29. The first kappa shape index (κ1) is 9.60. The molecule has 0 radical (unpaired) electrons. The van der Waals surface area contributed by atoms with E-state index in [1.807, 2.05) is 18.6 Å². The Labute approximate surface area is 94.9 Å². The van der Waals surface area contributed by atoms with Gasteiger partial charge in [0.15, 0.2) is 0 Å². The van der Waals surface area contributed by atoms with Crippen molar-refractivity contribution in [3.8, 4) is 11.3 Å². The Hall–Kier alpha value is -1.61. The zero-order valence-corrected chi connectivity index (χ0v) is 9.08. The summed E-state index contributed by atoms with van der Waals surface area (Å²) in [5.74, 6) is 0. The zero-order valence-electron chi connectivity index (χ0n) is 9.08. The van der Waals surface area contributed by atoms with Gasteiger partial charge in [0.1, 0.15) is 0 Å². The molecule has 0 bridgehead atoms. The second kappa shape index (κ2) is 3.76. The second-order valence-electron chi connectivity index (χ2n) is 4.44. The summed E-state index contributed by atoms with van der Waals surface area (Å²) in [4.78, 5) is 4.25. The Kier molecular flexibility index (Phi) is 2.26. The molecule has 1 aromatic carbocycles. The van der Waals surface area contributed by atoms with Gasteiger partial charge in [0.05, 0.1) is 18.2 Å². The number of nitrogens with two attached hydrogens (primary N) is 1. The van der Waals surface area contributed by atoms with Gasteiger partial charge < -0.3 is 10.3 Å². The lowest BCUT2D eigenvalue weighted by Crippen LogP contribution is -2.37. The van der Waals surface area contributed by atoms with Crippen LogP contribution in [0.4, 0.5) is 0 Å². The standard InChI is InChI=1S/C13H15N3/c14-11-6-12(7-11)16-9-15-8-13(16)10-4-2-1-3-5-10/h1-5,8-9,11-12H,6-7,14H2. The highest BCUT2D eigenvalue weighted by Gasteiger charge is 2.28. The lowest BCUT2D eigenvalue weighted by Gasteiger charge is -2.34. The Bertz CT molecular complexity index is 469. The summed E-state index contributed by atoms with van der Waals surface area (Å²) in [6.07, 6.45) is 5.98. The summed E-state index contributed by atoms with van der Waals surface area (Å²) in [5.41, 5.74) is 8.24. The van der Waals surface area contributed by atoms with Crippen molar-refractivity contribution in [2.45, 2.75) is 24.9 Å². The van der Waals surface area contributed by atoms with Crippen molar-refractivity contribution < 1.29 is 0 Å². The van der Waals surface area contributed by atoms with E-state index in [1.165, 1.54) is 11.3 Å². The molecule has 0 aliphatic heterocycles. The molecular formula is C13H15N3. The van der Waals surface area contributed by atoms with Gasteiger partial charge in [-0.3, -0.25) is 0 Å². The summed E-state index contributed by atoms with van der Waals surface area (Å²) in [6, 6.07) is 11.3. The molecule has 0 spiro atoms. The molecule has 0 atom stereocenters. The average Bonchev–Trinajstić information content (AvgIpc) is 2.74. The second-order valence-corrected chi connectivity index (χ2v) is 4.44. The third-order valence-corrected chi connectivity index (χ3v) is 3.28. The van der Waals surface area contributed by atoms with Crippen LogP contribution in [0.3, 0.4) is 0 Å². The molecule has 1 aromatic heterocycles. The first-order valence-electron chi connectivity index (χ1n) is 5.67. The third-order valence-electron chi connectivity index (χ3n) is 3.28. The minimum atomic E-state index is 0.371. The molecule has 82 valence electrons. The Balaban J connectivity index is 1.94. The van der Waals surface area contributed by atoms with Crippen LogP contribution in [0.5, 0.6) is 0 Å². The summed E-state index contributed by atoms with van der Waals surface area (Å²) in [5, 5.41) is 0. The third kappa shape index (κ3) is 1.53. The molecule has 3 rings (SSSR count). The van der Waals surface area contributed by atoms with Crippen LogP contribution < -0.4 is 5.73 Å². The maximum Gasteiger partial charge on any atom is 0.0953 e. The van der Waals surface area contributed by atoms with E-state index in [2.05, 4.69) is 33.8 Å². The highest BCUT2D eigenvalue weighted by atomic mass is 15.1. The molecule has 1 fully saturated rings. The largest absolute Gasteiger partial charge is 0.328 e. The Morgan fingerprint density at radius 3 is 2.62 bits per heavy atom. The van der Waals surface area contributed by atoms with Gasteiger partial charge in [-0.1, -0.05) is 30.3 Å². The molecule has 0 unspecified atom stereocenters. The molecule has 2 aromatic rings. The van der Waals surface area contributed by atoms with Crippen LogP contribution in [0.15, 0.2) is 42.9 Å². The van der Waals surface area contributed by atoms with Gasteiger partial charge in [-0.25, -0.2) is 4.98 Å². The van der Waals surface area contributed by atoms with Gasteiger partial charge >= 0.3 is 0 Å². The normalized spacial score (nSPS) is 24.1. The molecule has 0 saturated heterocycles. The number of nitrogens with zero attached hydrogens (tertiary/aromatic N) is 2. The van der Waals surface area contributed by atoms with E-state index in [1.54, 1.807) is 0 Å². The minimum absolute atomic E-state index is 0.371. The van der Waals surface area contributed by atoms with Crippen molar-refractivity contribution in [2.75, 3.05) is 0 Å². The van der Waals surface area contributed by atoms with Crippen molar-refractivity contribution in [3.63, 3.8) is 0 Å². The Morgan fingerprint density at radius 2 is 1.94 bits per heavy atom. The number of hydrogen-bond donors (Lipinski definition) is 1. The zero-order chi connectivity index (χ0) is 11.0. The first-order chi connectivity index (χ1) is 7.84. The summed E-state index contributed by atoms with van der Waals surface area (Å²) in [6.45, 7) is 0. The average molecular weight is 213 g/mol. The molecule has 1 aliphatic carbocycles. The lowest BCUT2D eigenvalue weighted by atomic mass is 9.87. The van der Waals surface area contributed by atoms with Crippen LogP contribution in [0.1, 0.15) is 18.9 Å². The summed E-state index contributed by atoms with van der Waals surface area (Å²) >= 11 is 0. The SMILES string of the molecule is NC1CC(n2cncc2-c2ccccc2)C1. The molecule has 16 heavy (non-hydrogen) atoms. The molecule has 3 nitrogen and oxygen atoms in total. The van der Waals surface area contributed by atoms with Crippen molar-refractivity contribution in [1.82, 2.24) is 9.55 Å². The van der Waals surface area contributed by atoms with Crippen molar-refractivity contribution >= 4 is 0 Å². The van der Waals surface area contributed by atoms with E-state index in [9.17, 15) is 0 Å². The fraction of sp³-hybridized carbons (Fsp3) is 0.308. The van der Waals surface area contributed by atoms with E-state index < -0.39 is 0 Å². The number of imidazole rings is 1. The van der Waals surface area contributed by atoms with E-state index in [0.29, 0.717) is 12.1 Å². The molecule has 1 heterocycles. The number of benzene rings is 1. The first-order valence-corrected chi connectivity index (χ1v) is 5.67. The monoisotopic (exact) mass is 213 g/mol. The van der Waals surface area contributed by atoms with E-state index in [4.69, 9.17) is 5.73 Å². The molecule has 1 aliphatic rings. The lowest BCUT2D eigenvalue weighted by molar-refractivity contribution is 0.268.